The third-order valence-corrected chi connectivity index (χ3v) is 2.47. The van der Waals surface area contributed by atoms with Gasteiger partial charge in [0.25, 0.3) is 0 Å². The van der Waals surface area contributed by atoms with E-state index in [0.29, 0.717) is 12.8 Å². The van der Waals surface area contributed by atoms with Gasteiger partial charge in [-0.1, -0.05) is 19.9 Å². The maximum Gasteiger partial charge on any atom is 0.407 e. The second kappa shape index (κ2) is 7.41. The van der Waals surface area contributed by atoms with Crippen LogP contribution in [0.15, 0.2) is 12.7 Å². The highest BCUT2D eigenvalue weighted by atomic mass is 16.6. The molecule has 0 saturated carbocycles. The molecule has 0 rings (SSSR count). The van der Waals surface area contributed by atoms with E-state index in [1.54, 1.807) is 6.08 Å². The average molecular weight is 257 g/mol. The Morgan fingerprint density at radius 3 is 2.39 bits per heavy atom. The third-order valence-electron chi connectivity index (χ3n) is 2.47. The summed E-state index contributed by atoms with van der Waals surface area (Å²) in [5.41, 5.74) is -0.509. The summed E-state index contributed by atoms with van der Waals surface area (Å²) in [6, 6.07) is -0.102. The number of amides is 1. The van der Waals surface area contributed by atoms with Crippen molar-refractivity contribution >= 4 is 6.09 Å². The van der Waals surface area contributed by atoms with Crippen molar-refractivity contribution in [2.75, 3.05) is 0 Å². The number of hydrogen-bond donors (Lipinski definition) is 2. The summed E-state index contributed by atoms with van der Waals surface area (Å²) in [4.78, 5) is 11.7. The minimum absolute atomic E-state index is 0.102. The Morgan fingerprint density at radius 1 is 1.44 bits per heavy atom. The van der Waals surface area contributed by atoms with E-state index in [1.807, 2.05) is 34.6 Å². The van der Waals surface area contributed by atoms with Gasteiger partial charge in [-0.05, 0) is 39.5 Å². The SMILES string of the molecule is C=CC[C@H](O)C[C@H](NC(=O)OC(C)(C)C)C(C)C. The summed E-state index contributed by atoms with van der Waals surface area (Å²) in [6.45, 7) is 13.1. The van der Waals surface area contributed by atoms with E-state index in [9.17, 15) is 9.90 Å². The van der Waals surface area contributed by atoms with Gasteiger partial charge < -0.3 is 15.2 Å². The molecule has 1 amide bonds. The smallest absolute Gasteiger partial charge is 0.407 e. The maximum atomic E-state index is 11.7. The number of rotatable bonds is 6. The fourth-order valence-corrected chi connectivity index (χ4v) is 1.54. The fourth-order valence-electron chi connectivity index (χ4n) is 1.54. The molecule has 0 radical (unpaired) electrons. The first-order chi connectivity index (χ1) is 8.15. The number of alkyl carbamates (subject to hydrolysis) is 1. The summed E-state index contributed by atoms with van der Waals surface area (Å²) in [5.74, 6) is 0.233. The molecule has 4 nitrogen and oxygen atoms in total. The van der Waals surface area contributed by atoms with Gasteiger partial charge in [-0.3, -0.25) is 0 Å². The van der Waals surface area contributed by atoms with Gasteiger partial charge >= 0.3 is 6.09 Å². The highest BCUT2D eigenvalue weighted by Gasteiger charge is 2.23. The van der Waals surface area contributed by atoms with Crippen LogP contribution in [0.5, 0.6) is 0 Å². The highest BCUT2D eigenvalue weighted by molar-refractivity contribution is 5.68. The fraction of sp³-hybridized carbons (Fsp3) is 0.786. The summed E-state index contributed by atoms with van der Waals surface area (Å²) in [5, 5.41) is 12.6. The van der Waals surface area contributed by atoms with Crippen LogP contribution in [0.25, 0.3) is 0 Å². The van der Waals surface area contributed by atoms with E-state index in [2.05, 4.69) is 11.9 Å². The van der Waals surface area contributed by atoms with Crippen LogP contribution in [0, 0.1) is 5.92 Å². The van der Waals surface area contributed by atoms with Crippen molar-refractivity contribution in [3.63, 3.8) is 0 Å². The van der Waals surface area contributed by atoms with Crippen LogP contribution in [0.2, 0.25) is 0 Å². The molecule has 0 bridgehead atoms. The predicted octanol–water partition coefficient (Wildman–Crippen LogP) is 2.86. The Kier molecular flexibility index (Phi) is 6.99. The van der Waals surface area contributed by atoms with Crippen molar-refractivity contribution in [2.45, 2.75) is 65.2 Å². The lowest BCUT2D eigenvalue weighted by molar-refractivity contribution is 0.0463. The monoisotopic (exact) mass is 257 g/mol. The molecule has 18 heavy (non-hydrogen) atoms. The number of aliphatic hydroxyl groups is 1. The molecule has 2 N–H and O–H groups in total. The van der Waals surface area contributed by atoms with Gasteiger partial charge in [0.15, 0.2) is 0 Å². The number of nitrogens with one attached hydrogen (secondary N) is 1. The number of aliphatic hydroxyl groups excluding tert-OH is 1. The third kappa shape index (κ3) is 8.12. The van der Waals surface area contributed by atoms with E-state index < -0.39 is 17.8 Å². The second-order valence-electron chi connectivity index (χ2n) is 5.91. The molecule has 0 aromatic rings. The van der Waals surface area contributed by atoms with E-state index in [-0.39, 0.29) is 12.0 Å². The van der Waals surface area contributed by atoms with Crippen LogP contribution >= 0.6 is 0 Å². The standard InChI is InChI=1S/C14H27NO3/c1-7-8-11(16)9-12(10(2)3)15-13(17)18-14(4,5)6/h7,10-12,16H,1,8-9H2,2-6H3,(H,15,17)/t11-,12-/m0/s1. The molecular weight excluding hydrogens is 230 g/mol. The topological polar surface area (TPSA) is 58.6 Å². The molecule has 0 aromatic carbocycles. The molecule has 106 valence electrons. The Morgan fingerprint density at radius 2 is 2.00 bits per heavy atom. The molecule has 0 spiro atoms. The zero-order chi connectivity index (χ0) is 14.3. The van der Waals surface area contributed by atoms with Gasteiger partial charge in [0, 0.05) is 6.04 Å². The lowest BCUT2D eigenvalue weighted by Crippen LogP contribution is -2.43. The highest BCUT2D eigenvalue weighted by Crippen LogP contribution is 2.13. The first kappa shape index (κ1) is 17.0. The first-order valence-electron chi connectivity index (χ1n) is 6.44. The molecular formula is C14H27NO3. The largest absolute Gasteiger partial charge is 0.444 e. The summed E-state index contributed by atoms with van der Waals surface area (Å²) in [7, 11) is 0. The Labute approximate surface area is 110 Å². The lowest BCUT2D eigenvalue weighted by atomic mass is 9.97. The van der Waals surface area contributed by atoms with E-state index in [4.69, 9.17) is 4.74 Å². The van der Waals surface area contributed by atoms with Crippen molar-refractivity contribution in [3.8, 4) is 0 Å². The van der Waals surface area contributed by atoms with Crippen molar-refractivity contribution in [2.24, 2.45) is 5.92 Å². The zero-order valence-corrected chi connectivity index (χ0v) is 12.2. The van der Waals surface area contributed by atoms with Crippen molar-refractivity contribution < 1.29 is 14.6 Å². The van der Waals surface area contributed by atoms with Crippen molar-refractivity contribution in [1.29, 1.82) is 0 Å². The minimum atomic E-state index is -0.509. The normalized spacial score (nSPS) is 15.1. The van der Waals surface area contributed by atoms with E-state index >= 15 is 0 Å². The molecule has 0 saturated heterocycles. The quantitative estimate of drug-likeness (QED) is 0.719. The number of ether oxygens (including phenoxy) is 1. The van der Waals surface area contributed by atoms with Crippen LogP contribution in [0.1, 0.15) is 47.5 Å². The van der Waals surface area contributed by atoms with Gasteiger partial charge in [-0.15, -0.1) is 6.58 Å². The van der Waals surface area contributed by atoms with Crippen molar-refractivity contribution in [1.82, 2.24) is 5.32 Å². The lowest BCUT2D eigenvalue weighted by Gasteiger charge is -2.27. The molecule has 0 fully saturated rings. The Balaban J connectivity index is 4.36. The first-order valence-corrected chi connectivity index (χ1v) is 6.44. The summed E-state index contributed by atoms with van der Waals surface area (Å²) >= 11 is 0. The molecule has 4 heteroatoms. The molecule has 2 atom stereocenters. The van der Waals surface area contributed by atoms with Gasteiger partial charge in [0.1, 0.15) is 5.60 Å². The number of carbonyl (C=O) groups excluding carboxylic acids is 1. The molecule has 0 aliphatic rings. The van der Waals surface area contributed by atoms with Crippen LogP contribution in [0.3, 0.4) is 0 Å². The zero-order valence-electron chi connectivity index (χ0n) is 12.2. The van der Waals surface area contributed by atoms with Crippen LogP contribution in [0.4, 0.5) is 4.79 Å². The van der Waals surface area contributed by atoms with E-state index in [1.165, 1.54) is 0 Å². The molecule has 0 heterocycles. The molecule has 0 aliphatic heterocycles. The Hall–Kier alpha value is -1.03. The second-order valence-corrected chi connectivity index (χ2v) is 5.91. The number of carbonyl (C=O) groups is 1. The van der Waals surface area contributed by atoms with Gasteiger partial charge in [-0.2, -0.15) is 0 Å². The molecule has 0 unspecified atom stereocenters. The predicted molar refractivity (Wildman–Crippen MR) is 73.4 cm³/mol. The van der Waals surface area contributed by atoms with Crippen LogP contribution in [-0.2, 0) is 4.74 Å². The molecule has 0 aromatic heterocycles. The van der Waals surface area contributed by atoms with Gasteiger partial charge in [0.2, 0.25) is 0 Å². The van der Waals surface area contributed by atoms with Crippen LogP contribution < -0.4 is 5.32 Å². The van der Waals surface area contributed by atoms with Crippen molar-refractivity contribution in [3.05, 3.63) is 12.7 Å². The van der Waals surface area contributed by atoms with Gasteiger partial charge in [0.05, 0.1) is 6.10 Å². The van der Waals surface area contributed by atoms with Crippen LogP contribution in [-0.4, -0.2) is 28.9 Å². The van der Waals surface area contributed by atoms with E-state index in [0.717, 1.165) is 0 Å². The summed E-state index contributed by atoms with van der Waals surface area (Å²) < 4.78 is 5.21. The van der Waals surface area contributed by atoms with Gasteiger partial charge in [-0.25, -0.2) is 4.79 Å². The number of hydrogen-bond acceptors (Lipinski definition) is 3. The summed E-state index contributed by atoms with van der Waals surface area (Å²) in [6.07, 6.45) is 1.79. The maximum absolute atomic E-state index is 11.7. The molecule has 0 aliphatic carbocycles. The minimum Gasteiger partial charge on any atom is -0.444 e. The average Bonchev–Trinajstić information content (AvgIpc) is 2.13. The Bertz CT molecular complexity index is 269.